The number of aliphatic hydroxyl groups is 1. The molecule has 1 amide bonds. The van der Waals surface area contributed by atoms with Gasteiger partial charge in [-0.3, -0.25) is 14.6 Å². The van der Waals surface area contributed by atoms with Crippen LogP contribution in [0.4, 0.5) is 16.4 Å². The number of hydrogen-bond acceptors (Lipinski definition) is 6. The molecule has 0 saturated carbocycles. The van der Waals surface area contributed by atoms with Gasteiger partial charge in [-0.1, -0.05) is 36.0 Å². The van der Waals surface area contributed by atoms with Crippen LogP contribution in [0.25, 0.3) is 6.08 Å². The summed E-state index contributed by atoms with van der Waals surface area (Å²) in [6.07, 6.45) is 0.696. The minimum absolute atomic E-state index is 0.282. The number of amides is 1. The second kappa shape index (κ2) is 7.80. The van der Waals surface area contributed by atoms with Gasteiger partial charge >= 0.3 is 0 Å². The highest BCUT2D eigenvalue weighted by atomic mass is 32.2. The molecule has 3 heterocycles. The highest BCUT2D eigenvalue weighted by Gasteiger charge is 2.35. The van der Waals surface area contributed by atoms with Crippen molar-refractivity contribution in [3.8, 4) is 0 Å². The molecular weight excluding hydrogens is 446 g/mol. The van der Waals surface area contributed by atoms with E-state index >= 15 is 0 Å². The number of nitrogens with zero attached hydrogens (tertiary/aromatic N) is 3. The van der Waals surface area contributed by atoms with E-state index in [-0.39, 0.29) is 5.91 Å². The van der Waals surface area contributed by atoms with E-state index in [1.807, 2.05) is 18.2 Å². The van der Waals surface area contributed by atoms with Gasteiger partial charge in [0, 0.05) is 28.8 Å². The van der Waals surface area contributed by atoms with Crippen molar-refractivity contribution in [1.82, 2.24) is 9.80 Å². The standard InChI is InChI=1S/C23H19N3O2S3/c1-24-21(27)15(22(28)25(2)23(24)29)13-14-11-12-20(30-14)26-16-7-3-5-9-18(16)31-19-10-6-4-8-17(19)26/h3-13,21,27H,1-2H3/b15-13-. The Balaban J connectivity index is 1.56. The summed E-state index contributed by atoms with van der Waals surface area (Å²) >= 11 is 8.57. The van der Waals surface area contributed by atoms with Gasteiger partial charge in [-0.2, -0.15) is 0 Å². The number of fused-ring (bicyclic) bond motifs is 2. The number of thiocarbonyl (C=S) groups is 1. The number of aliphatic hydroxyl groups excluding tert-OH is 1. The molecule has 0 spiro atoms. The van der Waals surface area contributed by atoms with E-state index < -0.39 is 6.23 Å². The van der Waals surface area contributed by atoms with Gasteiger partial charge in [0.1, 0.15) is 5.00 Å². The molecule has 156 valence electrons. The third kappa shape index (κ3) is 3.36. The van der Waals surface area contributed by atoms with Crippen molar-refractivity contribution >= 4 is 68.8 Å². The molecule has 1 N–H and O–H groups in total. The van der Waals surface area contributed by atoms with E-state index in [4.69, 9.17) is 12.2 Å². The third-order valence-electron chi connectivity index (χ3n) is 5.35. The van der Waals surface area contributed by atoms with E-state index in [0.29, 0.717) is 10.7 Å². The van der Waals surface area contributed by atoms with Crippen LogP contribution in [-0.2, 0) is 4.79 Å². The zero-order chi connectivity index (χ0) is 21.7. The third-order valence-corrected chi connectivity index (χ3v) is 8.06. The van der Waals surface area contributed by atoms with E-state index in [1.54, 1.807) is 43.3 Å². The second-order valence-electron chi connectivity index (χ2n) is 7.28. The Morgan fingerprint density at radius 1 is 0.968 bits per heavy atom. The van der Waals surface area contributed by atoms with Crippen LogP contribution in [0, 0.1) is 0 Å². The maximum Gasteiger partial charge on any atom is 0.260 e. The Hall–Kier alpha value is -2.65. The number of para-hydroxylation sites is 2. The van der Waals surface area contributed by atoms with E-state index in [0.717, 1.165) is 21.3 Å². The van der Waals surface area contributed by atoms with Crippen LogP contribution in [0.3, 0.4) is 0 Å². The molecule has 8 heteroatoms. The first-order valence-corrected chi connectivity index (χ1v) is 11.7. The molecule has 1 fully saturated rings. The first-order chi connectivity index (χ1) is 15.0. The molecule has 1 aromatic heterocycles. The van der Waals surface area contributed by atoms with Crippen LogP contribution in [0.1, 0.15) is 4.88 Å². The Labute approximate surface area is 194 Å². The van der Waals surface area contributed by atoms with Crippen LogP contribution >= 0.6 is 35.3 Å². The van der Waals surface area contributed by atoms with Crippen LogP contribution in [0.5, 0.6) is 0 Å². The van der Waals surface area contributed by atoms with E-state index in [9.17, 15) is 9.90 Å². The van der Waals surface area contributed by atoms with Crippen LogP contribution in [0.2, 0.25) is 0 Å². The van der Waals surface area contributed by atoms with Crippen molar-refractivity contribution in [3.63, 3.8) is 0 Å². The summed E-state index contributed by atoms with van der Waals surface area (Å²) in [6.45, 7) is 0. The normalized spacial score (nSPS) is 19.6. The molecule has 0 bridgehead atoms. The minimum atomic E-state index is -1.06. The number of benzene rings is 2. The number of carbonyl (C=O) groups is 1. The van der Waals surface area contributed by atoms with Gasteiger partial charge in [-0.25, -0.2) is 0 Å². The summed E-state index contributed by atoms with van der Waals surface area (Å²) < 4.78 is 0. The lowest BCUT2D eigenvalue weighted by Crippen LogP contribution is -2.55. The number of thiophene rings is 1. The monoisotopic (exact) mass is 465 g/mol. The van der Waals surface area contributed by atoms with Gasteiger partial charge in [-0.05, 0) is 54.7 Å². The van der Waals surface area contributed by atoms with Gasteiger partial charge in [-0.15, -0.1) is 11.3 Å². The number of carbonyl (C=O) groups excluding carboxylic acids is 1. The molecule has 3 aromatic rings. The maximum atomic E-state index is 12.7. The highest BCUT2D eigenvalue weighted by molar-refractivity contribution is 7.99. The quantitative estimate of drug-likeness (QED) is 0.329. The zero-order valence-electron chi connectivity index (χ0n) is 16.9. The molecule has 1 atom stereocenters. The molecule has 2 aliphatic heterocycles. The summed E-state index contributed by atoms with van der Waals surface area (Å²) in [5.74, 6) is -0.282. The second-order valence-corrected chi connectivity index (χ2v) is 9.82. The van der Waals surface area contributed by atoms with Crippen molar-refractivity contribution in [1.29, 1.82) is 0 Å². The molecule has 31 heavy (non-hydrogen) atoms. The van der Waals surface area contributed by atoms with Crippen molar-refractivity contribution in [2.75, 3.05) is 19.0 Å². The molecule has 1 unspecified atom stereocenters. The molecule has 2 aromatic carbocycles. The highest BCUT2D eigenvalue weighted by Crippen LogP contribution is 2.52. The lowest BCUT2D eigenvalue weighted by atomic mass is 10.1. The SMILES string of the molecule is CN1C(=O)/C(=C\c2ccc(N3c4ccccc4Sc4ccccc43)s2)C(O)N(C)C1=S. The van der Waals surface area contributed by atoms with Gasteiger partial charge in [0.25, 0.3) is 5.91 Å². The van der Waals surface area contributed by atoms with Crippen molar-refractivity contribution < 1.29 is 9.90 Å². The minimum Gasteiger partial charge on any atom is -0.369 e. The number of hydrogen-bond donors (Lipinski definition) is 1. The molecular formula is C23H19N3O2S3. The summed E-state index contributed by atoms with van der Waals surface area (Å²) in [7, 11) is 3.31. The molecule has 1 saturated heterocycles. The van der Waals surface area contributed by atoms with Gasteiger partial charge in [0.2, 0.25) is 0 Å². The Kier molecular flexibility index (Phi) is 5.10. The lowest BCUT2D eigenvalue weighted by molar-refractivity contribution is -0.126. The largest absolute Gasteiger partial charge is 0.369 e. The van der Waals surface area contributed by atoms with Crippen molar-refractivity contribution in [2.45, 2.75) is 16.0 Å². The Morgan fingerprint density at radius 3 is 2.23 bits per heavy atom. The fraction of sp³-hybridized carbons (Fsp3) is 0.130. The molecule has 5 rings (SSSR count). The Morgan fingerprint density at radius 2 is 1.58 bits per heavy atom. The van der Waals surface area contributed by atoms with Crippen LogP contribution in [0.15, 0.2) is 76.0 Å². The first-order valence-electron chi connectivity index (χ1n) is 9.66. The predicted molar refractivity (Wildman–Crippen MR) is 130 cm³/mol. The first kappa shape index (κ1) is 20.3. The van der Waals surface area contributed by atoms with Crippen molar-refractivity contribution in [2.24, 2.45) is 0 Å². The summed E-state index contributed by atoms with van der Waals surface area (Å²) in [6, 6.07) is 20.7. The predicted octanol–water partition coefficient (Wildman–Crippen LogP) is 5.07. The van der Waals surface area contributed by atoms with Crippen LogP contribution in [-0.4, -0.2) is 46.2 Å². The summed E-state index contributed by atoms with van der Waals surface area (Å²) in [5, 5.41) is 11.9. The van der Waals surface area contributed by atoms with E-state index in [1.165, 1.54) is 19.6 Å². The summed E-state index contributed by atoms with van der Waals surface area (Å²) in [4.78, 5) is 21.1. The topological polar surface area (TPSA) is 47.0 Å². The smallest absolute Gasteiger partial charge is 0.260 e. The van der Waals surface area contributed by atoms with Gasteiger partial charge in [0.15, 0.2) is 11.3 Å². The number of anilines is 3. The molecule has 0 radical (unpaired) electrons. The van der Waals surface area contributed by atoms with E-state index in [2.05, 4.69) is 47.4 Å². The van der Waals surface area contributed by atoms with Crippen molar-refractivity contribution in [3.05, 3.63) is 71.1 Å². The molecule has 5 nitrogen and oxygen atoms in total. The fourth-order valence-electron chi connectivity index (χ4n) is 3.71. The zero-order valence-corrected chi connectivity index (χ0v) is 19.3. The average Bonchev–Trinajstić information content (AvgIpc) is 3.25. The summed E-state index contributed by atoms with van der Waals surface area (Å²) in [5.41, 5.74) is 2.57. The number of rotatable bonds is 2. The number of likely N-dealkylation sites (N-methyl/N-ethyl adjacent to an activating group) is 2. The van der Waals surface area contributed by atoms with Gasteiger partial charge in [0.05, 0.1) is 16.9 Å². The fourth-order valence-corrected chi connectivity index (χ4v) is 5.94. The Bertz CT molecular complexity index is 1190. The molecule has 0 aliphatic carbocycles. The lowest BCUT2D eigenvalue weighted by Gasteiger charge is -2.37. The average molecular weight is 466 g/mol. The maximum absolute atomic E-state index is 12.7. The van der Waals surface area contributed by atoms with Gasteiger partial charge < -0.3 is 10.0 Å². The molecule has 2 aliphatic rings. The van der Waals surface area contributed by atoms with Crippen LogP contribution < -0.4 is 4.90 Å².